The van der Waals surface area contributed by atoms with Crippen LogP contribution in [0.3, 0.4) is 0 Å². The van der Waals surface area contributed by atoms with Crippen molar-refractivity contribution in [2.24, 2.45) is 4.99 Å². The van der Waals surface area contributed by atoms with Gasteiger partial charge in [-0.25, -0.2) is 9.79 Å². The van der Waals surface area contributed by atoms with Gasteiger partial charge < -0.3 is 19.1 Å². The molecular formula is C30H31N3O6S. The van der Waals surface area contributed by atoms with Crippen molar-refractivity contribution in [3.05, 3.63) is 84.5 Å². The van der Waals surface area contributed by atoms with Crippen LogP contribution in [0.4, 0.5) is 5.69 Å². The number of benzene rings is 2. The number of methoxy groups -OCH3 is 1. The third-order valence-corrected chi connectivity index (χ3v) is 7.96. The van der Waals surface area contributed by atoms with Crippen LogP contribution in [0.25, 0.3) is 5.57 Å². The lowest BCUT2D eigenvalue weighted by Crippen LogP contribution is -2.41. The summed E-state index contributed by atoms with van der Waals surface area (Å²) in [4.78, 5) is 48.0. The Hall–Kier alpha value is -4.18. The number of anilines is 1. The van der Waals surface area contributed by atoms with Gasteiger partial charge in [-0.2, -0.15) is 0 Å². The van der Waals surface area contributed by atoms with Crippen LogP contribution in [-0.2, 0) is 14.3 Å². The van der Waals surface area contributed by atoms with Gasteiger partial charge in [0, 0.05) is 11.6 Å². The number of nitrogens with zero attached hydrogens (tertiary/aromatic N) is 3. The van der Waals surface area contributed by atoms with E-state index in [0.29, 0.717) is 45.3 Å². The number of hydrogen-bond donors (Lipinski definition) is 0. The van der Waals surface area contributed by atoms with Gasteiger partial charge in [0.1, 0.15) is 4.53 Å². The molecule has 10 heteroatoms. The van der Waals surface area contributed by atoms with Crippen molar-refractivity contribution < 1.29 is 23.8 Å². The Morgan fingerprint density at radius 3 is 2.50 bits per heavy atom. The fourth-order valence-corrected chi connectivity index (χ4v) is 6.40. The van der Waals surface area contributed by atoms with E-state index < -0.39 is 17.6 Å². The Kier molecular flexibility index (Phi) is 7.37. The second-order valence-electron chi connectivity index (χ2n) is 9.63. The molecule has 2 aliphatic heterocycles. The molecule has 0 aliphatic carbocycles. The molecular weight excluding hydrogens is 530 g/mol. The first-order chi connectivity index (χ1) is 19.2. The average molecular weight is 562 g/mol. The Balaban J connectivity index is 1.82. The van der Waals surface area contributed by atoms with Crippen LogP contribution in [0.2, 0.25) is 0 Å². The molecule has 2 aliphatic rings. The second kappa shape index (κ2) is 10.8. The van der Waals surface area contributed by atoms with E-state index in [-0.39, 0.29) is 28.7 Å². The van der Waals surface area contributed by atoms with Crippen molar-refractivity contribution in [3.63, 3.8) is 0 Å². The molecule has 0 saturated heterocycles. The smallest absolute Gasteiger partial charge is 0.338 e. The molecule has 1 atom stereocenters. The first kappa shape index (κ1) is 27.4. The molecule has 0 unspecified atom stereocenters. The Morgan fingerprint density at radius 2 is 1.82 bits per heavy atom. The fourth-order valence-electron chi connectivity index (χ4n) is 5.26. The largest absolute Gasteiger partial charge is 0.493 e. The van der Waals surface area contributed by atoms with E-state index in [1.54, 1.807) is 44.1 Å². The number of allylic oxidation sites excluding steroid dienone is 1. The lowest BCUT2D eigenvalue weighted by molar-refractivity contribution is -0.139. The summed E-state index contributed by atoms with van der Waals surface area (Å²) in [5.74, 6) is 0.217. The van der Waals surface area contributed by atoms with E-state index in [1.807, 2.05) is 45.0 Å². The van der Waals surface area contributed by atoms with Gasteiger partial charge in [-0.15, -0.1) is 0 Å². The zero-order chi connectivity index (χ0) is 28.7. The minimum absolute atomic E-state index is 0.100. The normalized spacial score (nSPS) is 17.5. The summed E-state index contributed by atoms with van der Waals surface area (Å²) in [5, 5.41) is 0. The van der Waals surface area contributed by atoms with Crippen LogP contribution in [0.15, 0.2) is 63.5 Å². The van der Waals surface area contributed by atoms with E-state index in [0.717, 1.165) is 17.0 Å². The van der Waals surface area contributed by atoms with Gasteiger partial charge in [0.15, 0.2) is 16.3 Å². The molecule has 0 bridgehead atoms. The van der Waals surface area contributed by atoms with E-state index in [2.05, 4.69) is 4.99 Å². The Labute approximate surface area is 235 Å². The number of ether oxygens (including phenoxy) is 3. The van der Waals surface area contributed by atoms with Gasteiger partial charge in [0.2, 0.25) is 0 Å². The topological polar surface area (TPSA) is 99.4 Å². The summed E-state index contributed by atoms with van der Waals surface area (Å²) in [6.45, 7) is 9.76. The van der Waals surface area contributed by atoms with E-state index in [4.69, 9.17) is 14.2 Å². The maximum atomic E-state index is 14.3. The average Bonchev–Trinajstić information content (AvgIpc) is 3.40. The lowest BCUT2D eigenvalue weighted by atomic mass is 9.95. The molecule has 9 nitrogen and oxygen atoms in total. The van der Waals surface area contributed by atoms with Crippen LogP contribution >= 0.6 is 11.3 Å². The van der Waals surface area contributed by atoms with Gasteiger partial charge in [-0.05, 0) is 58.4 Å². The number of hydrogen-bond acceptors (Lipinski definition) is 8. The lowest BCUT2D eigenvalue weighted by Gasteiger charge is -2.25. The molecule has 1 aromatic heterocycles. The zero-order valence-corrected chi connectivity index (χ0v) is 24.1. The molecule has 208 valence electrons. The molecule has 0 N–H and O–H groups in total. The number of fused-ring (bicyclic) bond motifs is 2. The van der Waals surface area contributed by atoms with E-state index >= 15 is 0 Å². The van der Waals surface area contributed by atoms with Crippen LogP contribution < -0.4 is 29.3 Å². The summed E-state index contributed by atoms with van der Waals surface area (Å²) in [7, 11) is 1.55. The highest BCUT2D eigenvalue weighted by atomic mass is 32.1. The molecule has 3 heterocycles. The van der Waals surface area contributed by atoms with Gasteiger partial charge in [-0.3, -0.25) is 14.2 Å². The van der Waals surface area contributed by atoms with Gasteiger partial charge in [0.05, 0.1) is 48.9 Å². The summed E-state index contributed by atoms with van der Waals surface area (Å²) in [6, 6.07) is 11.8. The molecule has 0 radical (unpaired) electrons. The first-order valence-corrected chi connectivity index (χ1v) is 14.0. The van der Waals surface area contributed by atoms with Gasteiger partial charge in [-0.1, -0.05) is 35.6 Å². The molecule has 40 heavy (non-hydrogen) atoms. The summed E-state index contributed by atoms with van der Waals surface area (Å²) in [5.41, 5.74) is 2.72. The molecule has 1 amide bonds. The minimum atomic E-state index is -0.845. The second-order valence-corrected chi connectivity index (χ2v) is 10.6. The maximum Gasteiger partial charge on any atom is 0.338 e. The number of aromatic nitrogens is 1. The highest BCUT2D eigenvalue weighted by Crippen LogP contribution is 2.38. The third kappa shape index (κ3) is 4.32. The van der Waals surface area contributed by atoms with Crippen LogP contribution in [0.1, 0.15) is 51.8 Å². The van der Waals surface area contributed by atoms with Crippen LogP contribution in [0.5, 0.6) is 11.5 Å². The quantitative estimate of drug-likeness (QED) is 0.411. The van der Waals surface area contributed by atoms with Crippen molar-refractivity contribution in [2.45, 2.75) is 46.7 Å². The van der Waals surface area contributed by atoms with Crippen molar-refractivity contribution >= 4 is 34.5 Å². The summed E-state index contributed by atoms with van der Waals surface area (Å²) >= 11 is 1.15. The van der Waals surface area contributed by atoms with Crippen molar-refractivity contribution in [1.82, 2.24) is 4.57 Å². The number of rotatable bonds is 7. The standard InChI is InChI=1S/C30H31N3O6S/c1-7-38-22-15-18(13-14-21(22)37-6)25-23(29(36)39-8-2)17(5)31-30-33(25)28(35)26(40-30)24-19-11-9-10-12-20(19)32(16(3)4)27(24)34/h9-16,25H,7-8H2,1-6H3/b26-24+/t25-/m1/s1. The van der Waals surface area contributed by atoms with Gasteiger partial charge in [0.25, 0.3) is 11.5 Å². The number of esters is 1. The summed E-state index contributed by atoms with van der Waals surface area (Å²) < 4.78 is 18.4. The predicted octanol–water partition coefficient (Wildman–Crippen LogP) is 3.33. The third-order valence-electron chi connectivity index (χ3n) is 6.90. The summed E-state index contributed by atoms with van der Waals surface area (Å²) in [6.07, 6.45) is 0. The minimum Gasteiger partial charge on any atom is -0.493 e. The number of para-hydroxylation sites is 1. The first-order valence-electron chi connectivity index (χ1n) is 13.2. The molecule has 5 rings (SSSR count). The van der Waals surface area contributed by atoms with Crippen LogP contribution in [-0.4, -0.2) is 42.8 Å². The highest BCUT2D eigenvalue weighted by molar-refractivity contribution is 7.07. The maximum absolute atomic E-state index is 14.3. The van der Waals surface area contributed by atoms with E-state index in [9.17, 15) is 14.4 Å². The van der Waals surface area contributed by atoms with E-state index in [1.165, 1.54) is 4.57 Å². The monoisotopic (exact) mass is 561 g/mol. The fraction of sp³-hybridized carbons (Fsp3) is 0.333. The molecule has 0 saturated carbocycles. The molecule has 3 aromatic rings. The molecule has 2 aromatic carbocycles. The number of carbonyl (C=O) groups excluding carboxylic acids is 2. The Bertz CT molecular complexity index is 1730. The predicted molar refractivity (Wildman–Crippen MR) is 153 cm³/mol. The van der Waals surface area contributed by atoms with Crippen LogP contribution in [0, 0.1) is 0 Å². The molecule has 0 fully saturated rings. The van der Waals surface area contributed by atoms with Crippen molar-refractivity contribution in [1.29, 1.82) is 0 Å². The van der Waals surface area contributed by atoms with Gasteiger partial charge >= 0.3 is 5.97 Å². The zero-order valence-electron chi connectivity index (χ0n) is 23.3. The van der Waals surface area contributed by atoms with Crippen molar-refractivity contribution in [2.75, 3.05) is 25.2 Å². The molecule has 0 spiro atoms. The number of carbonyl (C=O) groups is 2. The highest BCUT2D eigenvalue weighted by Gasteiger charge is 2.38. The number of thiazole rings is 1. The SMILES string of the molecule is CCOC(=O)C1=C(C)N=c2s/c(=C3/C(=O)N(C(C)C)c4ccccc43)c(=O)n2[C@@H]1c1ccc(OC)c(OCC)c1. The Morgan fingerprint density at radius 1 is 1.07 bits per heavy atom. The van der Waals surface area contributed by atoms with Crippen molar-refractivity contribution in [3.8, 4) is 11.5 Å². The number of amides is 1.